The lowest BCUT2D eigenvalue weighted by atomic mass is 10.1. The summed E-state index contributed by atoms with van der Waals surface area (Å²) in [5.41, 5.74) is 3.74. The maximum atomic E-state index is 12.3. The van der Waals surface area contributed by atoms with Crippen molar-refractivity contribution >= 4 is 57.7 Å². The molecule has 0 spiro atoms. The van der Waals surface area contributed by atoms with E-state index in [2.05, 4.69) is 10.3 Å². The van der Waals surface area contributed by atoms with Crippen molar-refractivity contribution in [3.05, 3.63) is 76.3 Å². The zero-order valence-electron chi connectivity index (χ0n) is 15.4. The smallest absolute Gasteiger partial charge is 0.234 e. The first-order valence-corrected chi connectivity index (χ1v) is 10.6. The molecule has 7 heteroatoms. The lowest BCUT2D eigenvalue weighted by Crippen LogP contribution is -2.13. The number of benzene rings is 3. The average Bonchev–Trinajstić information content (AvgIpc) is 3.10. The maximum absolute atomic E-state index is 12.3. The van der Waals surface area contributed by atoms with E-state index in [9.17, 15) is 4.79 Å². The lowest BCUT2D eigenvalue weighted by molar-refractivity contribution is -0.113. The van der Waals surface area contributed by atoms with Crippen LogP contribution in [0.3, 0.4) is 0 Å². The zero-order chi connectivity index (χ0) is 20.4. The molecular formula is C22H16Cl2N2O2S. The summed E-state index contributed by atoms with van der Waals surface area (Å²) in [6.07, 6.45) is 0. The third kappa shape index (κ3) is 4.75. The van der Waals surface area contributed by atoms with Crippen LogP contribution in [0, 0.1) is 6.92 Å². The second kappa shape index (κ2) is 8.49. The Hall–Kier alpha value is -2.47. The topological polar surface area (TPSA) is 55.1 Å². The van der Waals surface area contributed by atoms with Crippen LogP contribution < -0.4 is 5.32 Å². The van der Waals surface area contributed by atoms with Crippen LogP contribution in [-0.4, -0.2) is 16.6 Å². The molecule has 0 saturated heterocycles. The van der Waals surface area contributed by atoms with Crippen LogP contribution >= 0.6 is 35.0 Å². The standard InChI is InChI=1S/C22H16Cl2N2O2S/c1-13-2-8-17(18(24)10-13)22-26-19-11-15(5-9-20(19)28-22)25-21(27)12-29-16-6-3-14(23)4-7-16/h2-11H,12H2,1H3,(H,25,27). The Morgan fingerprint density at radius 1 is 1.07 bits per heavy atom. The van der Waals surface area contributed by atoms with Crippen LogP contribution in [0.4, 0.5) is 5.69 Å². The normalized spacial score (nSPS) is 11.0. The first kappa shape index (κ1) is 19.8. The van der Waals surface area contributed by atoms with Gasteiger partial charge in [0, 0.05) is 15.6 Å². The van der Waals surface area contributed by atoms with E-state index in [4.69, 9.17) is 27.6 Å². The van der Waals surface area contributed by atoms with Gasteiger partial charge in [0.1, 0.15) is 5.52 Å². The van der Waals surface area contributed by atoms with Gasteiger partial charge in [-0.25, -0.2) is 4.98 Å². The number of thioether (sulfide) groups is 1. The van der Waals surface area contributed by atoms with E-state index in [1.54, 1.807) is 30.3 Å². The molecule has 1 heterocycles. The third-order valence-electron chi connectivity index (χ3n) is 4.21. The molecule has 0 saturated carbocycles. The van der Waals surface area contributed by atoms with E-state index in [1.807, 2.05) is 37.3 Å². The van der Waals surface area contributed by atoms with Gasteiger partial charge in [0.25, 0.3) is 0 Å². The van der Waals surface area contributed by atoms with E-state index in [-0.39, 0.29) is 5.91 Å². The van der Waals surface area contributed by atoms with Crippen molar-refractivity contribution in [3.63, 3.8) is 0 Å². The SMILES string of the molecule is Cc1ccc(-c2nc3cc(NC(=O)CSc4ccc(Cl)cc4)ccc3o2)c(Cl)c1. The molecule has 1 amide bonds. The lowest BCUT2D eigenvalue weighted by Gasteiger charge is -2.05. The quantitative estimate of drug-likeness (QED) is 0.343. The van der Waals surface area contributed by atoms with Crippen LogP contribution in [0.1, 0.15) is 5.56 Å². The molecule has 146 valence electrons. The van der Waals surface area contributed by atoms with Gasteiger partial charge in [0.05, 0.1) is 16.3 Å². The van der Waals surface area contributed by atoms with Crippen molar-refractivity contribution in [2.75, 3.05) is 11.1 Å². The fourth-order valence-electron chi connectivity index (χ4n) is 2.79. The summed E-state index contributed by atoms with van der Waals surface area (Å²) in [5.74, 6) is 0.643. The number of rotatable bonds is 5. The number of carbonyl (C=O) groups is 1. The molecule has 0 radical (unpaired) electrons. The fraction of sp³-hybridized carbons (Fsp3) is 0.0909. The molecule has 0 aliphatic carbocycles. The largest absolute Gasteiger partial charge is 0.436 e. The highest BCUT2D eigenvalue weighted by molar-refractivity contribution is 8.00. The summed E-state index contributed by atoms with van der Waals surface area (Å²) in [7, 11) is 0. The summed E-state index contributed by atoms with van der Waals surface area (Å²) in [5, 5.41) is 4.15. The van der Waals surface area contributed by atoms with Crippen molar-refractivity contribution in [1.82, 2.24) is 4.98 Å². The molecule has 0 bridgehead atoms. The molecule has 4 rings (SSSR count). The molecule has 0 aliphatic heterocycles. The Morgan fingerprint density at radius 3 is 2.62 bits per heavy atom. The minimum atomic E-state index is -0.102. The molecular weight excluding hydrogens is 427 g/mol. The number of hydrogen-bond donors (Lipinski definition) is 1. The van der Waals surface area contributed by atoms with Crippen LogP contribution in [0.15, 0.2) is 70.0 Å². The second-order valence-corrected chi connectivity index (χ2v) is 8.37. The number of nitrogens with zero attached hydrogens (tertiary/aromatic N) is 1. The van der Waals surface area contributed by atoms with Gasteiger partial charge in [-0.3, -0.25) is 4.79 Å². The number of fused-ring (bicyclic) bond motifs is 1. The van der Waals surface area contributed by atoms with Gasteiger partial charge in [-0.1, -0.05) is 29.3 Å². The predicted molar refractivity (Wildman–Crippen MR) is 120 cm³/mol. The Labute approximate surface area is 182 Å². The number of nitrogens with one attached hydrogen (secondary N) is 1. The van der Waals surface area contributed by atoms with Crippen LogP contribution in [0.5, 0.6) is 0 Å². The highest BCUT2D eigenvalue weighted by Gasteiger charge is 2.13. The number of amides is 1. The van der Waals surface area contributed by atoms with Crippen molar-refractivity contribution in [2.24, 2.45) is 0 Å². The zero-order valence-corrected chi connectivity index (χ0v) is 17.7. The van der Waals surface area contributed by atoms with Gasteiger partial charge in [0.15, 0.2) is 5.58 Å². The van der Waals surface area contributed by atoms with Crippen molar-refractivity contribution < 1.29 is 9.21 Å². The summed E-state index contributed by atoms with van der Waals surface area (Å²) in [6.45, 7) is 1.97. The number of carbonyl (C=O) groups excluding carboxylic acids is 1. The summed E-state index contributed by atoms with van der Waals surface area (Å²) in [4.78, 5) is 17.8. The molecule has 29 heavy (non-hydrogen) atoms. The number of halogens is 2. The number of oxazole rings is 1. The molecule has 4 aromatic rings. The summed E-state index contributed by atoms with van der Waals surface area (Å²) in [6, 6.07) is 18.5. The van der Waals surface area contributed by atoms with Crippen molar-refractivity contribution in [1.29, 1.82) is 0 Å². The molecule has 0 atom stereocenters. The molecule has 0 aliphatic rings. The molecule has 1 aromatic heterocycles. The van der Waals surface area contributed by atoms with Crippen LogP contribution in [0.2, 0.25) is 10.0 Å². The maximum Gasteiger partial charge on any atom is 0.234 e. The minimum Gasteiger partial charge on any atom is -0.436 e. The highest BCUT2D eigenvalue weighted by atomic mass is 35.5. The monoisotopic (exact) mass is 442 g/mol. The number of aryl methyl sites for hydroxylation is 1. The first-order chi connectivity index (χ1) is 14.0. The van der Waals surface area contributed by atoms with E-state index in [0.29, 0.717) is 38.5 Å². The molecule has 1 N–H and O–H groups in total. The third-order valence-corrected chi connectivity index (χ3v) is 5.79. The number of anilines is 1. The van der Waals surface area contributed by atoms with Crippen LogP contribution in [-0.2, 0) is 4.79 Å². The molecule has 4 nitrogen and oxygen atoms in total. The van der Waals surface area contributed by atoms with Gasteiger partial charge in [-0.15, -0.1) is 11.8 Å². The van der Waals surface area contributed by atoms with Gasteiger partial charge >= 0.3 is 0 Å². The summed E-state index contributed by atoms with van der Waals surface area (Å²) < 4.78 is 5.83. The summed E-state index contributed by atoms with van der Waals surface area (Å²) >= 11 is 13.6. The van der Waals surface area contributed by atoms with Gasteiger partial charge in [-0.05, 0) is 67.1 Å². The molecule has 0 fully saturated rings. The number of hydrogen-bond acceptors (Lipinski definition) is 4. The Bertz CT molecular complexity index is 1190. The van der Waals surface area contributed by atoms with E-state index in [1.165, 1.54) is 11.8 Å². The van der Waals surface area contributed by atoms with Gasteiger partial charge in [-0.2, -0.15) is 0 Å². The minimum absolute atomic E-state index is 0.102. The fourth-order valence-corrected chi connectivity index (χ4v) is 3.93. The van der Waals surface area contributed by atoms with Gasteiger partial charge in [0.2, 0.25) is 11.8 Å². The Balaban J connectivity index is 1.47. The van der Waals surface area contributed by atoms with E-state index >= 15 is 0 Å². The second-order valence-electron chi connectivity index (χ2n) is 6.48. The Kier molecular flexibility index (Phi) is 5.81. The number of aromatic nitrogens is 1. The highest BCUT2D eigenvalue weighted by Crippen LogP contribution is 2.31. The predicted octanol–water partition coefficient (Wildman–Crippen LogP) is 6.84. The van der Waals surface area contributed by atoms with Crippen molar-refractivity contribution in [2.45, 2.75) is 11.8 Å². The van der Waals surface area contributed by atoms with Gasteiger partial charge < -0.3 is 9.73 Å². The molecule has 0 unspecified atom stereocenters. The van der Waals surface area contributed by atoms with E-state index < -0.39 is 0 Å². The van der Waals surface area contributed by atoms with E-state index in [0.717, 1.165) is 16.0 Å². The Morgan fingerprint density at radius 2 is 1.86 bits per heavy atom. The molecule has 3 aromatic carbocycles. The van der Waals surface area contributed by atoms with Crippen molar-refractivity contribution in [3.8, 4) is 11.5 Å². The average molecular weight is 443 g/mol. The first-order valence-electron chi connectivity index (χ1n) is 8.83. The van der Waals surface area contributed by atoms with Crippen LogP contribution in [0.25, 0.3) is 22.6 Å².